The molecule has 2 aromatic rings. The summed E-state index contributed by atoms with van der Waals surface area (Å²) in [5.74, 6) is -0.611. The molecule has 1 atom stereocenters. The summed E-state index contributed by atoms with van der Waals surface area (Å²) in [5.41, 5.74) is 1.58. The van der Waals surface area contributed by atoms with Crippen LogP contribution in [-0.4, -0.2) is 37.5 Å². The van der Waals surface area contributed by atoms with Gasteiger partial charge in [-0.25, -0.2) is 18.2 Å². The highest BCUT2D eigenvalue weighted by Crippen LogP contribution is 2.35. The van der Waals surface area contributed by atoms with E-state index in [0.717, 1.165) is 5.56 Å². The van der Waals surface area contributed by atoms with E-state index in [9.17, 15) is 13.2 Å². The molecule has 0 amide bonds. The number of hydrogen-bond donors (Lipinski definition) is 0. The fourth-order valence-electron chi connectivity index (χ4n) is 2.67. The number of hydrogen-bond acceptors (Lipinski definition) is 6. The third kappa shape index (κ3) is 2.55. The molecule has 8 heteroatoms. The fraction of sp³-hybridized carbons (Fsp3) is 0.267. The Labute approximate surface area is 134 Å². The second kappa shape index (κ2) is 5.62. The molecular formula is C15H15N3O4S. The van der Waals surface area contributed by atoms with E-state index >= 15 is 0 Å². The zero-order chi connectivity index (χ0) is 16.6. The lowest BCUT2D eigenvalue weighted by Gasteiger charge is -2.24. The van der Waals surface area contributed by atoms with E-state index in [-0.39, 0.29) is 16.6 Å². The van der Waals surface area contributed by atoms with E-state index in [1.54, 1.807) is 18.5 Å². The number of sulfonamides is 1. The molecule has 0 radical (unpaired) electrons. The van der Waals surface area contributed by atoms with Gasteiger partial charge in [0.1, 0.15) is 10.6 Å². The highest BCUT2D eigenvalue weighted by atomic mass is 32.2. The van der Waals surface area contributed by atoms with E-state index < -0.39 is 16.0 Å². The topological polar surface area (TPSA) is 89.5 Å². The molecule has 0 saturated heterocycles. The van der Waals surface area contributed by atoms with Gasteiger partial charge in [0.15, 0.2) is 0 Å². The highest BCUT2D eigenvalue weighted by Gasteiger charge is 2.36. The Morgan fingerprint density at radius 2 is 2.09 bits per heavy atom. The molecule has 0 aliphatic carbocycles. The van der Waals surface area contributed by atoms with Gasteiger partial charge in [0.25, 0.3) is 10.0 Å². The molecule has 2 aromatic heterocycles. The van der Waals surface area contributed by atoms with Gasteiger partial charge in [-0.2, -0.15) is 0 Å². The number of carbonyl (C=O) groups excluding carboxylic acids is 1. The number of rotatable bonds is 3. The smallest absolute Gasteiger partial charge is 0.356 e. The lowest BCUT2D eigenvalue weighted by molar-refractivity contribution is 0.0594. The van der Waals surface area contributed by atoms with E-state index in [2.05, 4.69) is 14.7 Å². The molecule has 0 saturated carbocycles. The van der Waals surface area contributed by atoms with Gasteiger partial charge in [-0.15, -0.1) is 0 Å². The molecule has 120 valence electrons. The van der Waals surface area contributed by atoms with E-state index in [1.807, 2.05) is 6.92 Å². The Morgan fingerprint density at radius 3 is 2.74 bits per heavy atom. The van der Waals surface area contributed by atoms with E-state index in [0.29, 0.717) is 12.1 Å². The van der Waals surface area contributed by atoms with Gasteiger partial charge in [0.05, 0.1) is 12.8 Å². The molecule has 1 aliphatic heterocycles. The van der Waals surface area contributed by atoms with Crippen LogP contribution >= 0.6 is 0 Å². The van der Waals surface area contributed by atoms with Crippen molar-refractivity contribution in [3.8, 4) is 0 Å². The van der Waals surface area contributed by atoms with Crippen LogP contribution in [0.5, 0.6) is 0 Å². The maximum atomic E-state index is 12.9. The van der Waals surface area contributed by atoms with Gasteiger partial charge in [-0.05, 0) is 37.1 Å². The minimum atomic E-state index is -3.76. The number of ether oxygens (including phenoxy) is 1. The van der Waals surface area contributed by atoms with Crippen LogP contribution in [0.15, 0.2) is 41.7 Å². The summed E-state index contributed by atoms with van der Waals surface area (Å²) in [6.07, 6.45) is 5.03. The quantitative estimate of drug-likeness (QED) is 0.789. The van der Waals surface area contributed by atoms with Crippen LogP contribution in [0, 0.1) is 0 Å². The number of fused-ring (bicyclic) bond motifs is 1. The average Bonchev–Trinajstić information content (AvgIpc) is 2.90. The van der Waals surface area contributed by atoms with Crippen molar-refractivity contribution in [2.75, 3.05) is 11.4 Å². The SMILES string of the molecule is COC(=O)c1ccc(S(=O)(=O)N2c3ccncc3C[C@H]2C)cn1. The zero-order valence-corrected chi connectivity index (χ0v) is 13.4. The third-order valence-electron chi connectivity index (χ3n) is 3.72. The number of esters is 1. The largest absolute Gasteiger partial charge is 0.464 e. The Kier molecular flexibility index (Phi) is 3.77. The van der Waals surface area contributed by atoms with Crippen molar-refractivity contribution in [2.24, 2.45) is 0 Å². The summed E-state index contributed by atoms with van der Waals surface area (Å²) >= 11 is 0. The third-order valence-corrected chi connectivity index (χ3v) is 5.63. The lowest BCUT2D eigenvalue weighted by Crippen LogP contribution is -2.35. The van der Waals surface area contributed by atoms with Gasteiger partial charge in [0.2, 0.25) is 0 Å². The molecule has 7 nitrogen and oxygen atoms in total. The Balaban J connectivity index is 2.01. The molecule has 0 unspecified atom stereocenters. The fourth-order valence-corrected chi connectivity index (χ4v) is 4.31. The van der Waals surface area contributed by atoms with Gasteiger partial charge < -0.3 is 4.74 Å². The van der Waals surface area contributed by atoms with Crippen LogP contribution in [0.1, 0.15) is 23.0 Å². The zero-order valence-electron chi connectivity index (χ0n) is 12.6. The highest BCUT2D eigenvalue weighted by molar-refractivity contribution is 7.92. The van der Waals surface area contributed by atoms with Crippen molar-refractivity contribution in [1.29, 1.82) is 0 Å². The van der Waals surface area contributed by atoms with Crippen molar-refractivity contribution in [3.05, 3.63) is 48.0 Å². The van der Waals surface area contributed by atoms with Crippen molar-refractivity contribution < 1.29 is 17.9 Å². The number of aromatic nitrogens is 2. The summed E-state index contributed by atoms with van der Waals surface area (Å²) in [5, 5.41) is 0. The summed E-state index contributed by atoms with van der Waals surface area (Å²) in [6, 6.07) is 4.18. The first-order valence-electron chi connectivity index (χ1n) is 6.97. The van der Waals surface area contributed by atoms with Crippen molar-refractivity contribution in [2.45, 2.75) is 24.3 Å². The van der Waals surface area contributed by atoms with Gasteiger partial charge in [-0.3, -0.25) is 9.29 Å². The minimum absolute atomic E-state index is 0.0293. The molecule has 3 rings (SSSR count). The van der Waals surface area contributed by atoms with Gasteiger partial charge in [0, 0.05) is 24.6 Å². The van der Waals surface area contributed by atoms with Gasteiger partial charge in [-0.1, -0.05) is 0 Å². The van der Waals surface area contributed by atoms with Crippen molar-refractivity contribution >= 4 is 21.7 Å². The maximum Gasteiger partial charge on any atom is 0.356 e. The summed E-state index contributed by atoms with van der Waals surface area (Å²) < 4.78 is 31.7. The summed E-state index contributed by atoms with van der Waals surface area (Å²) in [4.78, 5) is 19.3. The second-order valence-corrected chi connectivity index (χ2v) is 7.04. The first-order valence-corrected chi connectivity index (χ1v) is 8.41. The van der Waals surface area contributed by atoms with Crippen LogP contribution in [0.25, 0.3) is 0 Å². The minimum Gasteiger partial charge on any atom is -0.464 e. The molecule has 1 aliphatic rings. The molecule has 0 N–H and O–H groups in total. The Hall–Kier alpha value is -2.48. The van der Waals surface area contributed by atoms with Gasteiger partial charge >= 0.3 is 5.97 Å². The van der Waals surface area contributed by atoms with Crippen LogP contribution in [0.3, 0.4) is 0 Å². The predicted molar refractivity (Wildman–Crippen MR) is 82.6 cm³/mol. The standard InChI is InChI=1S/C15H15N3O4S/c1-10-7-11-8-16-6-5-14(11)18(10)23(20,21)12-3-4-13(17-9-12)15(19)22-2/h3-6,8-10H,7H2,1-2H3/t10-/m1/s1. The average molecular weight is 333 g/mol. The maximum absolute atomic E-state index is 12.9. The molecule has 0 spiro atoms. The molecule has 23 heavy (non-hydrogen) atoms. The van der Waals surface area contributed by atoms with Crippen LogP contribution in [0.4, 0.5) is 5.69 Å². The number of pyridine rings is 2. The predicted octanol–water partition coefficient (Wildman–Crippen LogP) is 1.40. The van der Waals surface area contributed by atoms with Crippen LogP contribution in [-0.2, 0) is 21.2 Å². The number of carbonyl (C=O) groups is 1. The first kappa shape index (κ1) is 15.4. The lowest BCUT2D eigenvalue weighted by atomic mass is 10.2. The van der Waals surface area contributed by atoms with Crippen molar-refractivity contribution in [3.63, 3.8) is 0 Å². The number of methoxy groups -OCH3 is 1. The molecular weight excluding hydrogens is 318 g/mol. The van der Waals surface area contributed by atoms with Crippen LogP contribution in [0.2, 0.25) is 0 Å². The monoisotopic (exact) mass is 333 g/mol. The number of nitrogens with zero attached hydrogens (tertiary/aromatic N) is 3. The molecule has 0 fully saturated rings. The molecule has 3 heterocycles. The Morgan fingerprint density at radius 1 is 1.30 bits per heavy atom. The summed E-state index contributed by atoms with van der Waals surface area (Å²) in [6.45, 7) is 1.84. The van der Waals surface area contributed by atoms with E-state index in [4.69, 9.17) is 0 Å². The number of anilines is 1. The normalized spacial score (nSPS) is 17.0. The molecule has 0 bridgehead atoms. The van der Waals surface area contributed by atoms with Crippen molar-refractivity contribution in [1.82, 2.24) is 9.97 Å². The van der Waals surface area contributed by atoms with Crippen LogP contribution < -0.4 is 4.31 Å². The Bertz CT molecular complexity index is 849. The first-order chi connectivity index (χ1) is 10.9. The summed E-state index contributed by atoms with van der Waals surface area (Å²) in [7, 11) is -2.52. The van der Waals surface area contributed by atoms with E-state index in [1.165, 1.54) is 29.7 Å². The second-order valence-electron chi connectivity index (χ2n) is 5.23. The molecule has 0 aromatic carbocycles.